The Morgan fingerprint density at radius 1 is 1.12 bits per heavy atom. The number of aromatic nitrogens is 2. The van der Waals surface area contributed by atoms with Gasteiger partial charge < -0.3 is 5.32 Å². The van der Waals surface area contributed by atoms with Gasteiger partial charge in [-0.2, -0.15) is 5.10 Å². The van der Waals surface area contributed by atoms with Crippen LogP contribution in [0.3, 0.4) is 0 Å². The lowest BCUT2D eigenvalue weighted by molar-refractivity contribution is 0.102. The van der Waals surface area contributed by atoms with E-state index in [0.717, 1.165) is 12.1 Å². The zero-order valence-corrected chi connectivity index (χ0v) is 13.2. The van der Waals surface area contributed by atoms with E-state index in [1.807, 2.05) is 6.92 Å². The van der Waals surface area contributed by atoms with Gasteiger partial charge in [-0.25, -0.2) is 13.2 Å². The largest absolute Gasteiger partial charge is 0.318 e. The van der Waals surface area contributed by atoms with E-state index < -0.39 is 23.4 Å². The number of carbonyl (C=O) groups is 1. The van der Waals surface area contributed by atoms with Crippen molar-refractivity contribution >= 4 is 11.6 Å². The molecule has 0 saturated carbocycles. The van der Waals surface area contributed by atoms with Crippen LogP contribution in [0.5, 0.6) is 0 Å². The third kappa shape index (κ3) is 3.40. The van der Waals surface area contributed by atoms with Gasteiger partial charge in [-0.3, -0.25) is 9.89 Å². The molecule has 4 nitrogen and oxygen atoms in total. The van der Waals surface area contributed by atoms with Crippen LogP contribution in [0.25, 0.3) is 11.3 Å². The first-order chi connectivity index (χ1) is 12.0. The average molecular weight is 345 g/mol. The van der Waals surface area contributed by atoms with Gasteiger partial charge in [-0.15, -0.1) is 0 Å². The maximum absolute atomic E-state index is 13.8. The molecule has 0 saturated heterocycles. The summed E-state index contributed by atoms with van der Waals surface area (Å²) in [5.41, 5.74) is 1.45. The minimum Gasteiger partial charge on any atom is -0.318 e. The zero-order chi connectivity index (χ0) is 18.0. The summed E-state index contributed by atoms with van der Waals surface area (Å²) < 4.78 is 40.3. The lowest BCUT2D eigenvalue weighted by Crippen LogP contribution is -2.15. The summed E-state index contributed by atoms with van der Waals surface area (Å²) in [5, 5.41) is 9.49. The summed E-state index contributed by atoms with van der Waals surface area (Å²) in [6.45, 7) is 1.84. The number of benzene rings is 2. The molecule has 2 N–H and O–H groups in total. The van der Waals surface area contributed by atoms with Crippen LogP contribution in [-0.4, -0.2) is 16.1 Å². The Morgan fingerprint density at radius 3 is 2.56 bits per heavy atom. The molecule has 0 atom stereocenters. The maximum Gasteiger partial charge on any atom is 0.258 e. The van der Waals surface area contributed by atoms with Gasteiger partial charge in [0, 0.05) is 11.6 Å². The van der Waals surface area contributed by atoms with Gasteiger partial charge in [0.15, 0.2) is 0 Å². The van der Waals surface area contributed by atoms with Gasteiger partial charge in [0.1, 0.15) is 23.1 Å². The van der Waals surface area contributed by atoms with Gasteiger partial charge in [-0.1, -0.05) is 19.1 Å². The molecule has 0 bridgehead atoms. The normalized spacial score (nSPS) is 10.7. The Hall–Kier alpha value is -3.09. The van der Waals surface area contributed by atoms with Crippen molar-refractivity contribution in [3.63, 3.8) is 0 Å². The van der Waals surface area contributed by atoms with Crippen LogP contribution in [0.4, 0.5) is 18.9 Å². The average Bonchev–Trinajstić information content (AvgIpc) is 2.97. The SMILES string of the molecule is CCc1[nH]nc(-c2cccc(F)c2)c1NC(=O)c1ccc(F)cc1F. The number of anilines is 1. The summed E-state index contributed by atoms with van der Waals surface area (Å²) in [5.74, 6) is -2.93. The fraction of sp³-hybridized carbons (Fsp3) is 0.111. The molecule has 0 fully saturated rings. The number of hydrogen-bond donors (Lipinski definition) is 2. The molecule has 3 rings (SSSR count). The molecule has 128 valence electrons. The molecular formula is C18H14F3N3O. The third-order valence-electron chi connectivity index (χ3n) is 3.71. The summed E-state index contributed by atoms with van der Waals surface area (Å²) in [7, 11) is 0. The predicted molar refractivity (Wildman–Crippen MR) is 87.7 cm³/mol. The molecule has 1 heterocycles. The van der Waals surface area contributed by atoms with Crippen molar-refractivity contribution < 1.29 is 18.0 Å². The van der Waals surface area contributed by atoms with Crippen molar-refractivity contribution in [2.75, 3.05) is 5.32 Å². The summed E-state index contributed by atoms with van der Waals surface area (Å²) in [6, 6.07) is 8.45. The first-order valence-corrected chi connectivity index (χ1v) is 7.59. The molecular weight excluding hydrogens is 331 g/mol. The first kappa shape index (κ1) is 16.8. The molecule has 7 heteroatoms. The molecule has 2 aromatic carbocycles. The van der Waals surface area contributed by atoms with E-state index >= 15 is 0 Å². The molecule has 0 spiro atoms. The Morgan fingerprint density at radius 2 is 1.88 bits per heavy atom. The van der Waals surface area contributed by atoms with Crippen LogP contribution >= 0.6 is 0 Å². The molecule has 3 aromatic rings. The highest BCUT2D eigenvalue weighted by molar-refractivity contribution is 6.06. The lowest BCUT2D eigenvalue weighted by atomic mass is 10.1. The molecule has 0 radical (unpaired) electrons. The minimum absolute atomic E-state index is 0.296. The number of hydrogen-bond acceptors (Lipinski definition) is 2. The number of aromatic amines is 1. The number of halogens is 3. The van der Waals surface area contributed by atoms with Gasteiger partial charge in [0.05, 0.1) is 16.9 Å². The Bertz CT molecular complexity index is 937. The minimum atomic E-state index is -0.966. The van der Waals surface area contributed by atoms with Gasteiger partial charge in [-0.05, 0) is 30.7 Å². The fourth-order valence-corrected chi connectivity index (χ4v) is 2.47. The quantitative estimate of drug-likeness (QED) is 0.740. The number of H-pyrrole nitrogens is 1. The number of nitrogens with one attached hydrogen (secondary N) is 2. The summed E-state index contributed by atoms with van der Waals surface area (Å²) in [6.07, 6.45) is 0.518. The lowest BCUT2D eigenvalue weighted by Gasteiger charge is -2.09. The Labute approximate surface area is 141 Å². The number of carbonyl (C=O) groups excluding carboxylic acids is 1. The highest BCUT2D eigenvalue weighted by atomic mass is 19.1. The molecule has 0 unspecified atom stereocenters. The van der Waals surface area contributed by atoms with Crippen LogP contribution in [0, 0.1) is 17.5 Å². The van der Waals surface area contributed by atoms with E-state index in [1.165, 1.54) is 18.2 Å². The van der Waals surface area contributed by atoms with Crippen molar-refractivity contribution in [2.24, 2.45) is 0 Å². The number of rotatable bonds is 4. The second-order valence-corrected chi connectivity index (χ2v) is 5.37. The molecule has 0 aliphatic rings. The van der Waals surface area contributed by atoms with Crippen LogP contribution in [0.1, 0.15) is 23.0 Å². The highest BCUT2D eigenvalue weighted by Crippen LogP contribution is 2.30. The second kappa shape index (κ2) is 6.80. The van der Waals surface area contributed by atoms with E-state index in [9.17, 15) is 18.0 Å². The van der Waals surface area contributed by atoms with E-state index in [0.29, 0.717) is 35.1 Å². The predicted octanol–water partition coefficient (Wildman–Crippen LogP) is 4.31. The summed E-state index contributed by atoms with van der Waals surface area (Å²) in [4.78, 5) is 12.4. The van der Waals surface area contributed by atoms with E-state index in [-0.39, 0.29) is 5.56 Å². The van der Waals surface area contributed by atoms with Gasteiger partial charge >= 0.3 is 0 Å². The molecule has 1 amide bonds. The van der Waals surface area contributed by atoms with Crippen molar-refractivity contribution in [1.29, 1.82) is 0 Å². The van der Waals surface area contributed by atoms with Gasteiger partial charge in [0.2, 0.25) is 0 Å². The summed E-state index contributed by atoms with van der Waals surface area (Å²) >= 11 is 0. The highest BCUT2D eigenvalue weighted by Gasteiger charge is 2.19. The van der Waals surface area contributed by atoms with E-state index in [1.54, 1.807) is 6.07 Å². The molecule has 1 aromatic heterocycles. The Balaban J connectivity index is 1.99. The molecule has 25 heavy (non-hydrogen) atoms. The number of nitrogens with zero attached hydrogens (tertiary/aromatic N) is 1. The first-order valence-electron chi connectivity index (χ1n) is 7.59. The van der Waals surface area contributed by atoms with E-state index in [4.69, 9.17) is 0 Å². The number of aryl methyl sites for hydroxylation is 1. The fourth-order valence-electron chi connectivity index (χ4n) is 2.47. The van der Waals surface area contributed by atoms with Crippen molar-refractivity contribution in [3.05, 3.63) is 71.2 Å². The van der Waals surface area contributed by atoms with Crippen LogP contribution in [-0.2, 0) is 6.42 Å². The van der Waals surface area contributed by atoms with Crippen molar-refractivity contribution in [2.45, 2.75) is 13.3 Å². The second-order valence-electron chi connectivity index (χ2n) is 5.37. The van der Waals surface area contributed by atoms with Gasteiger partial charge in [0.25, 0.3) is 5.91 Å². The van der Waals surface area contributed by atoms with Crippen molar-refractivity contribution in [1.82, 2.24) is 10.2 Å². The third-order valence-corrected chi connectivity index (χ3v) is 3.71. The van der Waals surface area contributed by atoms with Crippen molar-refractivity contribution in [3.8, 4) is 11.3 Å². The van der Waals surface area contributed by atoms with Crippen LogP contribution < -0.4 is 5.32 Å². The maximum atomic E-state index is 13.8. The Kier molecular flexibility index (Phi) is 4.56. The standard InChI is InChI=1S/C18H14F3N3O/c1-2-15-17(16(24-23-15)10-4-3-5-11(19)8-10)22-18(25)13-7-6-12(20)9-14(13)21/h3-9H,2H2,1H3,(H,22,25)(H,23,24). The van der Waals surface area contributed by atoms with Crippen LogP contribution in [0.15, 0.2) is 42.5 Å². The van der Waals surface area contributed by atoms with E-state index in [2.05, 4.69) is 15.5 Å². The molecule has 0 aliphatic carbocycles. The zero-order valence-electron chi connectivity index (χ0n) is 13.2. The number of amides is 1. The topological polar surface area (TPSA) is 57.8 Å². The monoisotopic (exact) mass is 345 g/mol. The smallest absolute Gasteiger partial charge is 0.258 e. The van der Waals surface area contributed by atoms with Crippen LogP contribution in [0.2, 0.25) is 0 Å². The molecule has 0 aliphatic heterocycles.